The lowest BCUT2D eigenvalue weighted by Gasteiger charge is -2.28. The lowest BCUT2D eigenvalue weighted by atomic mass is 10.1. The number of hydrogen-bond acceptors (Lipinski definition) is 6. The molecule has 0 bridgehead atoms. The SMILES string of the molecule is Cc1cc(N2CCCCC2)nc(NCCCNc2ccnc3cc(Cl)ccc23)n1. The Morgan fingerprint density at radius 1 is 1.00 bits per heavy atom. The van der Waals surface area contributed by atoms with E-state index < -0.39 is 0 Å². The molecule has 6 nitrogen and oxygen atoms in total. The maximum absolute atomic E-state index is 6.06. The van der Waals surface area contributed by atoms with Crippen LogP contribution in [0.2, 0.25) is 5.02 Å². The fraction of sp³-hybridized carbons (Fsp3) is 0.409. The quantitative estimate of drug-likeness (QED) is 0.540. The van der Waals surface area contributed by atoms with Crippen LogP contribution in [-0.4, -0.2) is 41.1 Å². The highest BCUT2D eigenvalue weighted by Gasteiger charge is 2.13. The summed E-state index contributed by atoms with van der Waals surface area (Å²) >= 11 is 6.06. The van der Waals surface area contributed by atoms with Crippen molar-refractivity contribution in [1.29, 1.82) is 0 Å². The third-order valence-electron chi connectivity index (χ3n) is 5.18. The number of nitrogens with zero attached hydrogens (tertiary/aromatic N) is 4. The molecule has 1 aromatic carbocycles. The Hall–Kier alpha value is -2.60. The molecule has 1 aliphatic rings. The van der Waals surface area contributed by atoms with Crippen LogP contribution in [0.25, 0.3) is 10.9 Å². The summed E-state index contributed by atoms with van der Waals surface area (Å²) in [6, 6.07) is 9.87. The average Bonchev–Trinajstić information content (AvgIpc) is 2.73. The number of aryl methyl sites for hydroxylation is 1. The van der Waals surface area contributed by atoms with Gasteiger partial charge in [-0.2, -0.15) is 4.98 Å². The highest BCUT2D eigenvalue weighted by molar-refractivity contribution is 6.31. The number of hydrogen-bond donors (Lipinski definition) is 2. The molecule has 0 spiro atoms. The summed E-state index contributed by atoms with van der Waals surface area (Å²) in [4.78, 5) is 16.0. The molecule has 2 N–H and O–H groups in total. The first-order chi connectivity index (χ1) is 14.2. The van der Waals surface area contributed by atoms with E-state index >= 15 is 0 Å². The van der Waals surface area contributed by atoms with Crippen LogP contribution in [0.5, 0.6) is 0 Å². The first kappa shape index (κ1) is 19.7. The number of pyridine rings is 1. The Balaban J connectivity index is 1.30. The van der Waals surface area contributed by atoms with Gasteiger partial charge in [0.15, 0.2) is 0 Å². The summed E-state index contributed by atoms with van der Waals surface area (Å²) in [5.74, 6) is 1.76. The van der Waals surface area contributed by atoms with Gasteiger partial charge in [0.1, 0.15) is 5.82 Å². The Morgan fingerprint density at radius 3 is 2.69 bits per heavy atom. The molecule has 1 saturated heterocycles. The molecule has 3 heterocycles. The Labute approximate surface area is 176 Å². The maximum atomic E-state index is 6.06. The molecule has 0 amide bonds. The van der Waals surface area contributed by atoms with Crippen LogP contribution in [0, 0.1) is 6.92 Å². The molecule has 29 heavy (non-hydrogen) atoms. The van der Waals surface area contributed by atoms with Gasteiger partial charge in [0.25, 0.3) is 0 Å². The average molecular weight is 411 g/mol. The van der Waals surface area contributed by atoms with Gasteiger partial charge in [-0.3, -0.25) is 4.98 Å². The third-order valence-corrected chi connectivity index (χ3v) is 5.41. The van der Waals surface area contributed by atoms with Crippen LogP contribution in [0.4, 0.5) is 17.5 Å². The Bertz CT molecular complexity index is 971. The van der Waals surface area contributed by atoms with Crippen molar-refractivity contribution >= 4 is 40.0 Å². The second-order valence-corrected chi connectivity index (χ2v) is 7.90. The Kier molecular flexibility index (Phi) is 6.30. The van der Waals surface area contributed by atoms with E-state index in [1.165, 1.54) is 19.3 Å². The topological polar surface area (TPSA) is 66.0 Å². The van der Waals surface area contributed by atoms with E-state index in [2.05, 4.69) is 31.6 Å². The highest BCUT2D eigenvalue weighted by atomic mass is 35.5. The smallest absolute Gasteiger partial charge is 0.224 e. The van der Waals surface area contributed by atoms with Crippen molar-refractivity contribution in [3.8, 4) is 0 Å². The third kappa shape index (κ3) is 5.07. The van der Waals surface area contributed by atoms with Gasteiger partial charge in [-0.05, 0) is 56.9 Å². The fourth-order valence-electron chi connectivity index (χ4n) is 3.70. The van der Waals surface area contributed by atoms with Crippen LogP contribution < -0.4 is 15.5 Å². The molecular weight excluding hydrogens is 384 g/mol. The van der Waals surface area contributed by atoms with Crippen molar-refractivity contribution in [2.45, 2.75) is 32.6 Å². The summed E-state index contributed by atoms with van der Waals surface area (Å²) in [6.45, 7) is 5.86. The normalized spacial score (nSPS) is 14.2. The van der Waals surface area contributed by atoms with Gasteiger partial charge in [0.05, 0.1) is 5.52 Å². The van der Waals surface area contributed by atoms with E-state index in [0.717, 1.165) is 66.7 Å². The fourth-order valence-corrected chi connectivity index (χ4v) is 3.87. The molecule has 152 valence electrons. The zero-order valence-electron chi connectivity index (χ0n) is 16.8. The minimum Gasteiger partial charge on any atom is -0.384 e. The number of rotatable bonds is 7. The predicted octanol–water partition coefficient (Wildman–Crippen LogP) is 4.89. The standard InChI is InChI=1S/C22H27ClN6/c1-16-14-21(29-12-3-2-4-13-29)28-22(27-16)26-10-5-9-24-19-8-11-25-20-15-17(23)6-7-18(19)20/h6-8,11,14-15H,2-5,9-10,12-13H2,1H3,(H,24,25)(H,26,27,28). The lowest BCUT2D eigenvalue weighted by molar-refractivity contribution is 0.573. The number of benzene rings is 1. The number of piperidine rings is 1. The molecular formula is C22H27ClN6. The predicted molar refractivity (Wildman–Crippen MR) is 121 cm³/mol. The number of halogens is 1. The summed E-state index contributed by atoms with van der Waals surface area (Å²) < 4.78 is 0. The van der Waals surface area contributed by atoms with E-state index in [1.807, 2.05) is 37.4 Å². The second kappa shape index (κ2) is 9.27. The number of anilines is 3. The molecule has 1 aliphatic heterocycles. The molecule has 0 aliphatic carbocycles. The number of nitrogens with one attached hydrogen (secondary N) is 2. The van der Waals surface area contributed by atoms with Gasteiger partial charge >= 0.3 is 0 Å². The number of aromatic nitrogens is 3. The van der Waals surface area contributed by atoms with Crippen LogP contribution in [0.1, 0.15) is 31.4 Å². The van der Waals surface area contributed by atoms with Crippen LogP contribution in [0.15, 0.2) is 36.5 Å². The second-order valence-electron chi connectivity index (χ2n) is 7.47. The first-order valence-corrected chi connectivity index (χ1v) is 10.7. The molecule has 0 unspecified atom stereocenters. The van der Waals surface area contributed by atoms with Crippen LogP contribution in [-0.2, 0) is 0 Å². The van der Waals surface area contributed by atoms with Gasteiger partial charge in [-0.25, -0.2) is 4.98 Å². The minimum atomic E-state index is 0.702. The molecule has 1 fully saturated rings. The van der Waals surface area contributed by atoms with E-state index in [9.17, 15) is 0 Å². The van der Waals surface area contributed by atoms with Crippen LogP contribution >= 0.6 is 11.6 Å². The van der Waals surface area contributed by atoms with Crippen molar-refractivity contribution in [2.75, 3.05) is 41.7 Å². The highest BCUT2D eigenvalue weighted by Crippen LogP contribution is 2.24. The van der Waals surface area contributed by atoms with Gasteiger partial charge in [-0.1, -0.05) is 11.6 Å². The Morgan fingerprint density at radius 2 is 1.83 bits per heavy atom. The van der Waals surface area contributed by atoms with Crippen LogP contribution in [0.3, 0.4) is 0 Å². The molecule has 2 aromatic heterocycles. The van der Waals surface area contributed by atoms with Gasteiger partial charge in [0.2, 0.25) is 5.95 Å². The first-order valence-electron chi connectivity index (χ1n) is 10.3. The summed E-state index contributed by atoms with van der Waals surface area (Å²) in [5.41, 5.74) is 2.98. The lowest BCUT2D eigenvalue weighted by Crippen LogP contribution is -2.30. The van der Waals surface area contributed by atoms with Crippen molar-refractivity contribution in [1.82, 2.24) is 15.0 Å². The summed E-state index contributed by atoms with van der Waals surface area (Å²) in [7, 11) is 0. The maximum Gasteiger partial charge on any atom is 0.224 e. The summed E-state index contributed by atoms with van der Waals surface area (Å²) in [6.07, 6.45) is 6.56. The van der Waals surface area contributed by atoms with Gasteiger partial charge in [0, 0.05) is 60.2 Å². The van der Waals surface area contributed by atoms with Crippen molar-refractivity contribution in [2.24, 2.45) is 0 Å². The monoisotopic (exact) mass is 410 g/mol. The zero-order valence-corrected chi connectivity index (χ0v) is 17.5. The van der Waals surface area contributed by atoms with Gasteiger partial charge < -0.3 is 15.5 Å². The molecule has 0 atom stereocenters. The largest absolute Gasteiger partial charge is 0.384 e. The summed E-state index contributed by atoms with van der Waals surface area (Å²) in [5, 5.41) is 8.66. The molecule has 4 rings (SSSR count). The molecule has 0 saturated carbocycles. The molecule has 7 heteroatoms. The minimum absolute atomic E-state index is 0.702. The van der Waals surface area contributed by atoms with E-state index in [0.29, 0.717) is 5.02 Å². The van der Waals surface area contributed by atoms with Crippen molar-refractivity contribution in [3.63, 3.8) is 0 Å². The van der Waals surface area contributed by atoms with Gasteiger partial charge in [-0.15, -0.1) is 0 Å². The molecule has 3 aromatic rings. The number of fused-ring (bicyclic) bond motifs is 1. The van der Waals surface area contributed by atoms with E-state index in [1.54, 1.807) is 0 Å². The van der Waals surface area contributed by atoms with Crippen molar-refractivity contribution < 1.29 is 0 Å². The zero-order chi connectivity index (χ0) is 20.1. The van der Waals surface area contributed by atoms with E-state index in [-0.39, 0.29) is 0 Å². The van der Waals surface area contributed by atoms with E-state index in [4.69, 9.17) is 16.6 Å². The van der Waals surface area contributed by atoms with Crippen molar-refractivity contribution in [3.05, 3.63) is 47.2 Å². The molecule has 0 radical (unpaired) electrons.